The first-order valence-electron chi connectivity index (χ1n) is 3.45. The first-order chi connectivity index (χ1) is 5.15. The van der Waals surface area contributed by atoms with Crippen molar-refractivity contribution in [3.8, 4) is 0 Å². The Morgan fingerprint density at radius 1 is 1.25 bits per heavy atom. The van der Waals surface area contributed by atoms with Crippen molar-refractivity contribution in [3.63, 3.8) is 0 Å². The summed E-state index contributed by atoms with van der Waals surface area (Å²) in [6, 6.07) is 0. The summed E-state index contributed by atoms with van der Waals surface area (Å²) in [4.78, 5) is 0. The van der Waals surface area contributed by atoms with E-state index < -0.39 is 31.2 Å². The molecule has 0 aromatic carbocycles. The third-order valence-electron chi connectivity index (χ3n) is 1.73. The summed E-state index contributed by atoms with van der Waals surface area (Å²) in [6.07, 6.45) is -4.11. The second-order valence-electron chi connectivity index (χ2n) is 2.61. The molecule has 0 amide bonds. The Labute approximate surface area is 80.4 Å². The van der Waals surface area contributed by atoms with Gasteiger partial charge in [0, 0.05) is 23.5 Å². The van der Waals surface area contributed by atoms with E-state index in [1.165, 1.54) is 0 Å². The minimum absolute atomic E-state index is 0. The minimum atomic E-state index is -1.11. The van der Waals surface area contributed by atoms with Crippen LogP contribution in [0.2, 0.25) is 0 Å². The van der Waals surface area contributed by atoms with E-state index in [9.17, 15) is 0 Å². The number of hydrogen-bond acceptors (Lipinski definition) is 5. The van der Waals surface area contributed by atoms with Gasteiger partial charge in [-0.15, -0.1) is 0 Å². The number of rotatable bonds is 1. The van der Waals surface area contributed by atoms with E-state index in [-0.39, 0.29) is 23.5 Å². The summed E-state index contributed by atoms with van der Waals surface area (Å²) >= 11 is 0. The molecule has 5 nitrogen and oxygen atoms in total. The molecule has 0 radical (unpaired) electrons. The second-order valence-corrected chi connectivity index (χ2v) is 2.61. The molecule has 4 N–H and O–H groups in total. The van der Waals surface area contributed by atoms with Crippen molar-refractivity contribution < 1.29 is 42.2 Å². The Bertz CT molecular complexity index is 133. The van der Waals surface area contributed by atoms with Crippen LogP contribution in [0.15, 0.2) is 0 Å². The fraction of sp³-hybridized carbons (Fsp3) is 1.00. The van der Waals surface area contributed by atoms with E-state index in [0.29, 0.717) is 0 Å². The number of aliphatic hydroxyl groups is 4. The van der Waals surface area contributed by atoms with Gasteiger partial charge in [0.2, 0.25) is 0 Å². The first-order valence-corrected chi connectivity index (χ1v) is 3.45. The van der Waals surface area contributed by atoms with Crippen molar-refractivity contribution in [2.75, 3.05) is 6.61 Å². The zero-order valence-electron chi connectivity index (χ0n) is 6.27. The molecule has 0 spiro atoms. The van der Waals surface area contributed by atoms with Crippen molar-refractivity contribution in [1.29, 1.82) is 0 Å². The summed E-state index contributed by atoms with van der Waals surface area (Å²) in [7, 11) is 0. The fourth-order valence-electron chi connectivity index (χ4n) is 1.08. The van der Waals surface area contributed by atoms with E-state index in [1.807, 2.05) is 0 Å². The predicted molar refractivity (Wildman–Crippen MR) is 34.6 cm³/mol. The largest absolute Gasteiger partial charge is 0.394 e. The summed E-state index contributed by atoms with van der Waals surface area (Å²) in [6.45, 7) is -0.407. The number of ether oxygens (including phenoxy) is 1. The van der Waals surface area contributed by atoms with Gasteiger partial charge in [0.15, 0.2) is 6.29 Å². The van der Waals surface area contributed by atoms with Crippen LogP contribution >= 0.6 is 0 Å². The first kappa shape index (κ1) is 12.3. The maximum Gasteiger partial charge on any atom is 0.157 e. The molecule has 6 heteroatoms. The molecule has 0 saturated carbocycles. The van der Waals surface area contributed by atoms with Gasteiger partial charge in [0.25, 0.3) is 0 Å². The Morgan fingerprint density at radius 2 is 1.83 bits per heavy atom. The van der Waals surface area contributed by atoms with Gasteiger partial charge in [-0.25, -0.2) is 0 Å². The van der Waals surface area contributed by atoms with Gasteiger partial charge < -0.3 is 25.2 Å². The maximum atomic E-state index is 9.11. The van der Waals surface area contributed by atoms with Crippen LogP contribution in [0.5, 0.6) is 0 Å². The van der Waals surface area contributed by atoms with Gasteiger partial charge in [0.1, 0.15) is 12.2 Å². The van der Waals surface area contributed by atoms with Crippen LogP contribution in [0.25, 0.3) is 0 Å². The van der Waals surface area contributed by atoms with Crippen LogP contribution in [0, 0.1) is 0 Å². The molecular weight excluding hydrogens is 208 g/mol. The topological polar surface area (TPSA) is 90.2 Å². The summed E-state index contributed by atoms with van der Waals surface area (Å²) in [5.41, 5.74) is 0. The van der Waals surface area contributed by atoms with Crippen LogP contribution in [0.3, 0.4) is 0 Å². The predicted octanol–water partition coefficient (Wildman–Crippen LogP) is -2.19. The fourth-order valence-corrected chi connectivity index (χ4v) is 1.08. The molecule has 1 rings (SSSR count). The van der Waals surface area contributed by atoms with Crippen molar-refractivity contribution in [2.24, 2.45) is 0 Å². The molecule has 0 aromatic heterocycles. The number of hydrogen-bond donors (Lipinski definition) is 4. The Balaban J connectivity index is 0.00000121. The third kappa shape index (κ3) is 2.67. The van der Waals surface area contributed by atoms with E-state index in [0.717, 1.165) is 0 Å². The molecule has 0 bridgehead atoms. The van der Waals surface area contributed by atoms with Crippen molar-refractivity contribution in [3.05, 3.63) is 0 Å². The molecule has 12 heavy (non-hydrogen) atoms. The Kier molecular flexibility index (Phi) is 5.27. The van der Waals surface area contributed by atoms with E-state index in [2.05, 4.69) is 0 Å². The van der Waals surface area contributed by atoms with Crippen molar-refractivity contribution >= 4 is 0 Å². The van der Waals surface area contributed by atoms with Gasteiger partial charge >= 0.3 is 0 Å². The Morgan fingerprint density at radius 3 is 2.33 bits per heavy atom. The molecule has 1 heterocycles. The SMILES string of the molecule is OC[C@H]1OC(O)C[C@@H](O)[C@@H]1O.[Fe]. The molecule has 1 saturated heterocycles. The van der Waals surface area contributed by atoms with Crippen LogP contribution in [-0.4, -0.2) is 51.6 Å². The quantitative estimate of drug-likeness (QED) is 0.377. The average Bonchev–Trinajstić information content (AvgIpc) is 1.96. The van der Waals surface area contributed by atoms with E-state index in [4.69, 9.17) is 25.2 Å². The summed E-state index contributed by atoms with van der Waals surface area (Å²) in [5, 5.41) is 35.6. The molecular formula is C6H12FeO5. The van der Waals surface area contributed by atoms with Gasteiger partial charge in [-0.05, 0) is 0 Å². The molecule has 74 valence electrons. The van der Waals surface area contributed by atoms with Crippen LogP contribution in [0.1, 0.15) is 6.42 Å². The van der Waals surface area contributed by atoms with Gasteiger partial charge in [-0.3, -0.25) is 0 Å². The van der Waals surface area contributed by atoms with Gasteiger partial charge in [-0.2, -0.15) is 0 Å². The molecule has 1 aliphatic rings. The molecule has 0 aliphatic carbocycles. The molecule has 1 aliphatic heterocycles. The summed E-state index contributed by atoms with van der Waals surface area (Å²) in [5.74, 6) is 0. The second kappa shape index (κ2) is 5.14. The zero-order valence-corrected chi connectivity index (χ0v) is 7.38. The standard InChI is InChI=1S/C6H12O5.Fe/c7-2-4-6(10)3(8)1-5(9)11-4;/h3-10H,1-2H2;/t3-,4-,5?,6+;/m1./s1. The third-order valence-corrected chi connectivity index (χ3v) is 1.73. The zero-order chi connectivity index (χ0) is 8.43. The van der Waals surface area contributed by atoms with Gasteiger partial charge in [-0.1, -0.05) is 0 Å². The Hall–Kier alpha value is 0.319. The molecule has 1 unspecified atom stereocenters. The summed E-state index contributed by atoms with van der Waals surface area (Å²) < 4.78 is 4.71. The molecule has 4 atom stereocenters. The van der Waals surface area contributed by atoms with Crippen molar-refractivity contribution in [1.82, 2.24) is 0 Å². The van der Waals surface area contributed by atoms with E-state index in [1.54, 1.807) is 0 Å². The minimum Gasteiger partial charge on any atom is -0.394 e. The molecule has 0 aromatic rings. The number of aliphatic hydroxyl groups excluding tert-OH is 4. The van der Waals surface area contributed by atoms with E-state index >= 15 is 0 Å². The van der Waals surface area contributed by atoms with Crippen molar-refractivity contribution in [2.45, 2.75) is 31.0 Å². The normalized spacial score (nSPS) is 42.0. The van der Waals surface area contributed by atoms with Crippen LogP contribution < -0.4 is 0 Å². The van der Waals surface area contributed by atoms with Crippen LogP contribution in [-0.2, 0) is 21.8 Å². The molecule has 1 fully saturated rings. The van der Waals surface area contributed by atoms with Gasteiger partial charge in [0.05, 0.1) is 12.7 Å². The maximum absolute atomic E-state index is 9.11. The smallest absolute Gasteiger partial charge is 0.157 e. The monoisotopic (exact) mass is 220 g/mol. The van der Waals surface area contributed by atoms with Crippen LogP contribution in [0.4, 0.5) is 0 Å². The average molecular weight is 220 g/mol.